The Hall–Kier alpha value is -2.09. The minimum Gasteiger partial charge on any atom is -0.506 e. The maximum absolute atomic E-state index is 12.3. The predicted octanol–water partition coefficient (Wildman–Crippen LogP) is 0.986. The first-order valence-electron chi connectivity index (χ1n) is 6.20. The van der Waals surface area contributed by atoms with Gasteiger partial charge in [-0.2, -0.15) is 0 Å². The van der Waals surface area contributed by atoms with Crippen LogP contribution in [0.3, 0.4) is 0 Å². The fraction of sp³-hybridized carbons (Fsp3) is 0.143. The van der Waals surface area contributed by atoms with Gasteiger partial charge in [0, 0.05) is 0 Å². The summed E-state index contributed by atoms with van der Waals surface area (Å²) in [4.78, 5) is -0.0767. The average molecular weight is 308 g/mol. The number of benzene rings is 2. The molecular weight excluding hydrogens is 292 g/mol. The number of aliphatic hydroxyl groups is 1. The Morgan fingerprint density at radius 2 is 1.81 bits per heavy atom. The predicted molar refractivity (Wildman–Crippen MR) is 79.1 cm³/mol. The molecule has 2 aromatic rings. The van der Waals surface area contributed by atoms with Crippen molar-refractivity contribution in [2.45, 2.75) is 10.9 Å². The van der Waals surface area contributed by atoms with Crippen LogP contribution < -0.4 is 10.5 Å². The molecule has 6 nitrogen and oxygen atoms in total. The second kappa shape index (κ2) is 6.13. The van der Waals surface area contributed by atoms with Gasteiger partial charge in [0.15, 0.2) is 0 Å². The first-order valence-corrected chi connectivity index (χ1v) is 7.69. The van der Waals surface area contributed by atoms with E-state index in [2.05, 4.69) is 4.72 Å². The smallest absolute Gasteiger partial charge is 0.241 e. The molecule has 0 heterocycles. The summed E-state index contributed by atoms with van der Waals surface area (Å²) in [7, 11) is -3.86. The topological polar surface area (TPSA) is 113 Å². The van der Waals surface area contributed by atoms with E-state index < -0.39 is 16.1 Å². The van der Waals surface area contributed by atoms with Crippen LogP contribution in [0, 0.1) is 0 Å². The number of nitrogen functional groups attached to an aromatic ring is 1. The van der Waals surface area contributed by atoms with Crippen molar-refractivity contribution in [3.63, 3.8) is 0 Å². The molecule has 7 heteroatoms. The van der Waals surface area contributed by atoms with Crippen molar-refractivity contribution in [2.75, 3.05) is 12.3 Å². The van der Waals surface area contributed by atoms with Crippen molar-refractivity contribution in [1.82, 2.24) is 4.72 Å². The van der Waals surface area contributed by atoms with Crippen LogP contribution in [0.4, 0.5) is 5.69 Å². The third-order valence-electron chi connectivity index (χ3n) is 2.99. The monoisotopic (exact) mass is 308 g/mol. The molecule has 0 fully saturated rings. The van der Waals surface area contributed by atoms with E-state index in [0.29, 0.717) is 5.56 Å². The molecular formula is C14H16N2O4S. The Morgan fingerprint density at radius 3 is 2.38 bits per heavy atom. The average Bonchev–Trinajstić information content (AvgIpc) is 2.48. The summed E-state index contributed by atoms with van der Waals surface area (Å²) in [5, 5.41) is 18.7. The minimum atomic E-state index is -3.86. The van der Waals surface area contributed by atoms with Gasteiger partial charge in [0.05, 0.1) is 23.2 Å². The fourth-order valence-corrected chi connectivity index (χ4v) is 3.10. The lowest BCUT2D eigenvalue weighted by atomic mass is 10.1. The van der Waals surface area contributed by atoms with Crippen molar-refractivity contribution in [3.05, 3.63) is 54.1 Å². The molecule has 0 amide bonds. The lowest BCUT2D eigenvalue weighted by Crippen LogP contribution is -2.30. The highest BCUT2D eigenvalue weighted by atomic mass is 32.2. The lowest BCUT2D eigenvalue weighted by Gasteiger charge is -2.17. The van der Waals surface area contributed by atoms with Crippen LogP contribution in [-0.2, 0) is 10.0 Å². The molecule has 0 aliphatic carbocycles. The van der Waals surface area contributed by atoms with Gasteiger partial charge in [-0.3, -0.25) is 0 Å². The van der Waals surface area contributed by atoms with Crippen molar-refractivity contribution in [1.29, 1.82) is 0 Å². The number of phenolic OH excluding ortho intramolecular Hbond substituents is 1. The SMILES string of the molecule is Nc1cc(S(=O)(=O)N[C@@H](CO)c2ccccc2)ccc1O. The zero-order valence-electron chi connectivity index (χ0n) is 11.1. The van der Waals surface area contributed by atoms with E-state index in [1.54, 1.807) is 30.3 Å². The van der Waals surface area contributed by atoms with E-state index in [4.69, 9.17) is 5.73 Å². The molecule has 0 spiro atoms. The fourth-order valence-electron chi connectivity index (χ4n) is 1.85. The molecule has 0 aliphatic rings. The number of aliphatic hydroxyl groups excluding tert-OH is 1. The number of phenols is 1. The molecule has 1 atom stereocenters. The molecule has 0 saturated carbocycles. The van der Waals surface area contributed by atoms with Crippen LogP contribution in [0.25, 0.3) is 0 Å². The van der Waals surface area contributed by atoms with E-state index in [-0.39, 0.29) is 22.9 Å². The van der Waals surface area contributed by atoms with Crippen LogP contribution in [0.15, 0.2) is 53.4 Å². The third kappa shape index (κ3) is 3.52. The van der Waals surface area contributed by atoms with Crippen LogP contribution in [-0.4, -0.2) is 25.2 Å². The standard InChI is InChI=1S/C14H16N2O4S/c15-12-8-11(6-7-14(12)18)21(19,20)16-13(9-17)10-4-2-1-3-5-10/h1-8,13,16-18H,9,15H2/t13-/m0/s1. The molecule has 0 aromatic heterocycles. The van der Waals surface area contributed by atoms with Crippen LogP contribution in [0.2, 0.25) is 0 Å². The van der Waals surface area contributed by atoms with Crippen LogP contribution in [0.5, 0.6) is 5.75 Å². The summed E-state index contributed by atoms with van der Waals surface area (Å²) in [6, 6.07) is 11.6. The summed E-state index contributed by atoms with van der Waals surface area (Å²) in [5.74, 6) is -0.185. The molecule has 0 unspecified atom stereocenters. The number of hydrogen-bond acceptors (Lipinski definition) is 5. The van der Waals surface area contributed by atoms with Gasteiger partial charge in [0.2, 0.25) is 10.0 Å². The highest BCUT2D eigenvalue weighted by molar-refractivity contribution is 7.89. The summed E-state index contributed by atoms with van der Waals surface area (Å²) in [5.41, 5.74) is 6.12. The van der Waals surface area contributed by atoms with Gasteiger partial charge >= 0.3 is 0 Å². The summed E-state index contributed by atoms with van der Waals surface area (Å²) in [6.07, 6.45) is 0. The number of nitrogens with one attached hydrogen (secondary N) is 1. The maximum Gasteiger partial charge on any atom is 0.241 e. The molecule has 2 rings (SSSR count). The van der Waals surface area contributed by atoms with E-state index in [1.807, 2.05) is 0 Å². The highest BCUT2D eigenvalue weighted by Gasteiger charge is 2.21. The van der Waals surface area contributed by atoms with Crippen LogP contribution in [0.1, 0.15) is 11.6 Å². The second-order valence-corrected chi connectivity index (χ2v) is 6.20. The second-order valence-electron chi connectivity index (χ2n) is 4.49. The molecule has 2 aromatic carbocycles. The Bertz CT molecular complexity index is 717. The highest BCUT2D eigenvalue weighted by Crippen LogP contribution is 2.24. The Labute approximate surface area is 122 Å². The van der Waals surface area contributed by atoms with Gasteiger partial charge in [-0.25, -0.2) is 13.1 Å². The van der Waals surface area contributed by atoms with Crippen molar-refractivity contribution < 1.29 is 18.6 Å². The Kier molecular flexibility index (Phi) is 4.46. The lowest BCUT2D eigenvalue weighted by molar-refractivity contribution is 0.259. The van der Waals surface area contributed by atoms with Crippen molar-refractivity contribution >= 4 is 15.7 Å². The minimum absolute atomic E-state index is 0.0295. The number of hydrogen-bond donors (Lipinski definition) is 4. The van der Waals surface area contributed by atoms with E-state index in [1.165, 1.54) is 12.1 Å². The molecule has 5 N–H and O–H groups in total. The number of sulfonamides is 1. The number of nitrogens with two attached hydrogens (primary N) is 1. The van der Waals surface area contributed by atoms with Gasteiger partial charge < -0.3 is 15.9 Å². The quantitative estimate of drug-likeness (QED) is 0.486. The summed E-state index contributed by atoms with van der Waals surface area (Å²) in [6.45, 7) is -0.378. The molecule has 0 radical (unpaired) electrons. The van der Waals surface area contributed by atoms with Gasteiger partial charge in [-0.15, -0.1) is 0 Å². The van der Waals surface area contributed by atoms with Gasteiger partial charge in [0.1, 0.15) is 5.75 Å². The van der Waals surface area contributed by atoms with E-state index in [0.717, 1.165) is 6.07 Å². The van der Waals surface area contributed by atoms with Crippen molar-refractivity contribution in [3.8, 4) is 5.75 Å². The zero-order chi connectivity index (χ0) is 15.5. The molecule has 0 aliphatic heterocycles. The van der Waals surface area contributed by atoms with Gasteiger partial charge in [-0.05, 0) is 23.8 Å². The number of anilines is 1. The van der Waals surface area contributed by atoms with E-state index in [9.17, 15) is 18.6 Å². The molecule has 0 bridgehead atoms. The first kappa shape index (κ1) is 15.3. The van der Waals surface area contributed by atoms with E-state index >= 15 is 0 Å². The molecule has 0 saturated heterocycles. The maximum atomic E-state index is 12.3. The van der Waals surface area contributed by atoms with Gasteiger partial charge in [0.25, 0.3) is 0 Å². The molecule has 112 valence electrons. The first-order chi connectivity index (χ1) is 9.94. The summed E-state index contributed by atoms with van der Waals surface area (Å²) < 4.78 is 27.0. The van der Waals surface area contributed by atoms with Crippen molar-refractivity contribution in [2.24, 2.45) is 0 Å². The van der Waals surface area contributed by atoms with Gasteiger partial charge in [-0.1, -0.05) is 30.3 Å². The largest absolute Gasteiger partial charge is 0.506 e. The number of rotatable bonds is 5. The number of aromatic hydroxyl groups is 1. The molecule has 21 heavy (non-hydrogen) atoms. The summed E-state index contributed by atoms with van der Waals surface area (Å²) >= 11 is 0. The van der Waals surface area contributed by atoms with Crippen LogP contribution >= 0.6 is 0 Å². The third-order valence-corrected chi connectivity index (χ3v) is 4.46. The normalized spacial score (nSPS) is 13.0. The Balaban J connectivity index is 2.29. The zero-order valence-corrected chi connectivity index (χ0v) is 11.9. The Morgan fingerprint density at radius 1 is 1.14 bits per heavy atom.